The highest BCUT2D eigenvalue weighted by atomic mass is 127. The molecule has 0 saturated carbocycles. The van der Waals surface area contributed by atoms with Gasteiger partial charge in [-0.25, -0.2) is 14.1 Å². The van der Waals surface area contributed by atoms with Crippen molar-refractivity contribution < 1.29 is 33.2 Å². The molecule has 3 aromatic carbocycles. The fraction of sp³-hybridized carbons (Fsp3) is 0.148. The van der Waals surface area contributed by atoms with Crippen LogP contribution in [-0.4, -0.2) is 40.8 Å². The van der Waals surface area contributed by atoms with Crippen LogP contribution in [0.15, 0.2) is 66.4 Å². The third-order valence-corrected chi connectivity index (χ3v) is 6.36. The number of urea groups is 1. The highest BCUT2D eigenvalue weighted by Gasteiger charge is 2.35. The van der Waals surface area contributed by atoms with Crippen molar-refractivity contribution in [2.45, 2.75) is 13.5 Å². The summed E-state index contributed by atoms with van der Waals surface area (Å²) >= 11 is 2.03. The van der Waals surface area contributed by atoms with E-state index in [4.69, 9.17) is 9.47 Å². The van der Waals surface area contributed by atoms with E-state index in [9.17, 15) is 28.9 Å². The number of nitrogens with zero attached hydrogens (tertiary/aromatic N) is 2. The van der Waals surface area contributed by atoms with Gasteiger partial charge in [-0.3, -0.25) is 19.7 Å². The molecule has 206 valence electrons. The maximum Gasteiger partial charge on any atom is 0.329 e. The first-order valence-electron chi connectivity index (χ1n) is 11.9. The van der Waals surface area contributed by atoms with Gasteiger partial charge in [-0.2, -0.15) is 0 Å². The molecular weight excluding hydrogens is 638 g/mol. The zero-order valence-electron chi connectivity index (χ0n) is 21.0. The number of hydrogen-bond donors (Lipinski definition) is 2. The second-order valence-corrected chi connectivity index (χ2v) is 9.55. The molecule has 3 aromatic rings. The summed E-state index contributed by atoms with van der Waals surface area (Å²) in [6.07, 6.45) is 1.43. The molecule has 1 heterocycles. The summed E-state index contributed by atoms with van der Waals surface area (Å²) in [6.45, 7) is 1.54. The summed E-state index contributed by atoms with van der Waals surface area (Å²) in [5.74, 6) is -1.35. The minimum absolute atomic E-state index is 0.0511. The predicted molar refractivity (Wildman–Crippen MR) is 151 cm³/mol. The highest BCUT2D eigenvalue weighted by Crippen LogP contribution is 2.36. The average Bonchev–Trinajstić information content (AvgIpc) is 3.17. The number of nitro benzene ring substituents is 1. The lowest BCUT2D eigenvalue weighted by Crippen LogP contribution is -2.38. The smallest absolute Gasteiger partial charge is 0.329 e. The number of para-hydroxylation sites is 1. The molecule has 1 fully saturated rings. The molecule has 4 amide bonds. The summed E-state index contributed by atoms with van der Waals surface area (Å²) in [7, 11) is 0. The molecule has 1 aliphatic heterocycles. The summed E-state index contributed by atoms with van der Waals surface area (Å²) in [6, 6.07) is 14.1. The standard InChI is InChI=1S/C27H22FIN4O7/c1-2-39-23-13-17(11-20(29)25(23)40-15-16-6-5-7-18(10-16)33(37)38)12-22-26(35)32(27(36)31-22)14-24(34)30-21-9-4-3-8-19(21)28/h3-13H,2,14-15H2,1H3,(H,30,34)(H,31,36)/b22-12+. The number of nitro groups is 1. The van der Waals surface area contributed by atoms with Gasteiger partial charge in [0.2, 0.25) is 5.91 Å². The van der Waals surface area contributed by atoms with Crippen molar-refractivity contribution in [3.63, 3.8) is 0 Å². The van der Waals surface area contributed by atoms with Crippen molar-refractivity contribution in [2.24, 2.45) is 0 Å². The van der Waals surface area contributed by atoms with E-state index in [0.717, 1.165) is 0 Å². The van der Waals surface area contributed by atoms with Gasteiger partial charge in [-0.1, -0.05) is 24.3 Å². The lowest BCUT2D eigenvalue weighted by molar-refractivity contribution is -0.384. The maximum absolute atomic E-state index is 13.8. The molecule has 0 aromatic heterocycles. The normalized spacial score (nSPS) is 13.8. The van der Waals surface area contributed by atoms with E-state index in [1.54, 1.807) is 31.2 Å². The Kier molecular flexibility index (Phi) is 8.93. The van der Waals surface area contributed by atoms with Crippen LogP contribution >= 0.6 is 22.6 Å². The number of ether oxygens (including phenoxy) is 2. The van der Waals surface area contributed by atoms with Crippen LogP contribution in [0.3, 0.4) is 0 Å². The molecule has 13 heteroatoms. The van der Waals surface area contributed by atoms with Crippen LogP contribution in [0.4, 0.5) is 20.6 Å². The van der Waals surface area contributed by atoms with Crippen LogP contribution in [0, 0.1) is 19.5 Å². The molecule has 0 radical (unpaired) electrons. The molecule has 11 nitrogen and oxygen atoms in total. The molecule has 0 bridgehead atoms. The third kappa shape index (κ3) is 6.72. The second kappa shape index (κ2) is 12.5. The molecule has 1 saturated heterocycles. The Morgan fingerprint density at radius 2 is 1.93 bits per heavy atom. The van der Waals surface area contributed by atoms with E-state index in [2.05, 4.69) is 10.6 Å². The van der Waals surface area contributed by atoms with Crippen molar-refractivity contribution in [2.75, 3.05) is 18.5 Å². The highest BCUT2D eigenvalue weighted by molar-refractivity contribution is 14.1. The minimum atomic E-state index is -0.795. The van der Waals surface area contributed by atoms with Crippen LogP contribution in [0.1, 0.15) is 18.1 Å². The number of anilines is 1. The third-order valence-electron chi connectivity index (χ3n) is 5.56. The number of imide groups is 1. The van der Waals surface area contributed by atoms with Crippen molar-refractivity contribution in [1.29, 1.82) is 0 Å². The second-order valence-electron chi connectivity index (χ2n) is 8.39. The molecule has 1 aliphatic rings. The molecule has 0 aliphatic carbocycles. The minimum Gasteiger partial charge on any atom is -0.490 e. The summed E-state index contributed by atoms with van der Waals surface area (Å²) in [5, 5.41) is 15.8. The van der Waals surface area contributed by atoms with Gasteiger partial charge in [-0.15, -0.1) is 0 Å². The number of nitrogens with one attached hydrogen (secondary N) is 2. The van der Waals surface area contributed by atoms with E-state index in [1.807, 2.05) is 22.6 Å². The molecule has 40 heavy (non-hydrogen) atoms. The summed E-state index contributed by atoms with van der Waals surface area (Å²) in [4.78, 5) is 49.0. The van der Waals surface area contributed by atoms with Crippen LogP contribution in [0.2, 0.25) is 0 Å². The van der Waals surface area contributed by atoms with Crippen LogP contribution in [0.25, 0.3) is 6.08 Å². The van der Waals surface area contributed by atoms with Gasteiger partial charge in [0.25, 0.3) is 11.6 Å². The fourth-order valence-electron chi connectivity index (χ4n) is 3.77. The van der Waals surface area contributed by atoms with Gasteiger partial charge in [0, 0.05) is 12.1 Å². The summed E-state index contributed by atoms with van der Waals surface area (Å²) in [5.41, 5.74) is 0.923. The van der Waals surface area contributed by atoms with Crippen molar-refractivity contribution >= 4 is 57.9 Å². The zero-order valence-corrected chi connectivity index (χ0v) is 23.1. The molecular formula is C27H22FIN4O7. The molecule has 0 atom stereocenters. The van der Waals surface area contributed by atoms with E-state index in [1.165, 1.54) is 42.5 Å². The van der Waals surface area contributed by atoms with Crippen LogP contribution < -0.4 is 20.1 Å². The van der Waals surface area contributed by atoms with Gasteiger partial charge >= 0.3 is 6.03 Å². The molecule has 0 spiro atoms. The monoisotopic (exact) mass is 660 g/mol. The van der Waals surface area contributed by atoms with Gasteiger partial charge in [0.05, 0.1) is 20.8 Å². The number of non-ortho nitro benzene ring substituents is 1. The largest absolute Gasteiger partial charge is 0.490 e. The lowest BCUT2D eigenvalue weighted by atomic mass is 10.1. The number of halogens is 2. The van der Waals surface area contributed by atoms with E-state index < -0.39 is 35.1 Å². The Morgan fingerprint density at radius 1 is 1.15 bits per heavy atom. The molecule has 2 N–H and O–H groups in total. The Hall–Kier alpha value is -4.53. The van der Waals surface area contributed by atoms with Gasteiger partial charge in [0.1, 0.15) is 24.7 Å². The molecule has 4 rings (SSSR count). The SMILES string of the molecule is CCOc1cc(/C=C2/NC(=O)N(CC(=O)Nc3ccccc3F)C2=O)cc(I)c1OCc1cccc([N+](=O)[O-])c1. The van der Waals surface area contributed by atoms with E-state index in [0.29, 0.717) is 37.7 Å². The summed E-state index contributed by atoms with van der Waals surface area (Å²) < 4.78 is 26.1. The quantitative estimate of drug-likeness (QED) is 0.104. The van der Waals surface area contributed by atoms with Crippen molar-refractivity contribution in [3.05, 3.63) is 97.0 Å². The zero-order chi connectivity index (χ0) is 28.8. The fourth-order valence-corrected chi connectivity index (χ4v) is 4.55. The number of hydrogen-bond acceptors (Lipinski definition) is 7. The van der Waals surface area contributed by atoms with Crippen molar-refractivity contribution in [1.82, 2.24) is 10.2 Å². The number of rotatable bonds is 10. The number of carbonyl (C=O) groups is 3. The van der Waals surface area contributed by atoms with E-state index in [-0.39, 0.29) is 23.7 Å². The Labute approximate surface area is 241 Å². The lowest BCUT2D eigenvalue weighted by Gasteiger charge is -2.15. The Bertz CT molecular complexity index is 1530. The Morgan fingerprint density at radius 3 is 2.65 bits per heavy atom. The maximum atomic E-state index is 13.8. The van der Waals surface area contributed by atoms with Gasteiger partial charge < -0.3 is 20.1 Å². The first-order chi connectivity index (χ1) is 19.2. The topological polar surface area (TPSA) is 140 Å². The number of amides is 4. The first kappa shape index (κ1) is 28.5. The number of carbonyl (C=O) groups excluding carboxylic acids is 3. The number of benzene rings is 3. The van der Waals surface area contributed by atoms with Gasteiger partial charge in [0.15, 0.2) is 11.5 Å². The van der Waals surface area contributed by atoms with E-state index >= 15 is 0 Å². The first-order valence-corrected chi connectivity index (χ1v) is 13.0. The predicted octanol–water partition coefficient (Wildman–Crippen LogP) is 4.85. The average molecular weight is 660 g/mol. The molecule has 0 unspecified atom stereocenters. The van der Waals surface area contributed by atoms with Gasteiger partial charge in [-0.05, 0) is 71.0 Å². The van der Waals surface area contributed by atoms with Crippen molar-refractivity contribution in [3.8, 4) is 11.5 Å². The van der Waals surface area contributed by atoms with Crippen LogP contribution in [0.5, 0.6) is 11.5 Å². The Balaban J connectivity index is 1.50. The van der Waals surface area contributed by atoms with Crippen LogP contribution in [-0.2, 0) is 16.2 Å².